The smallest absolute Gasteiger partial charge is 0.311 e. The molecule has 1 saturated heterocycles. The summed E-state index contributed by atoms with van der Waals surface area (Å²) in [5, 5.41) is 10.9. The molecule has 0 bridgehead atoms. The van der Waals surface area contributed by atoms with Gasteiger partial charge in [0, 0.05) is 36.7 Å². The van der Waals surface area contributed by atoms with Crippen molar-refractivity contribution in [3.63, 3.8) is 0 Å². The molecule has 22 heavy (non-hydrogen) atoms. The maximum Gasteiger partial charge on any atom is 0.311 e. The SMILES string of the molecule is COc1cc(N2CCC(CS(=O)(=O)[O-])CC2)ccc1[N+](=O)[O-]. The summed E-state index contributed by atoms with van der Waals surface area (Å²) in [6.07, 6.45) is 1.20. The molecule has 1 heterocycles. The Balaban J connectivity index is 2.07. The molecule has 0 unspecified atom stereocenters. The molecule has 1 fully saturated rings. The first kappa shape index (κ1) is 16.5. The number of nitro groups is 1. The molecule has 1 aromatic rings. The lowest BCUT2D eigenvalue weighted by Gasteiger charge is -2.34. The Morgan fingerprint density at radius 2 is 2.00 bits per heavy atom. The minimum absolute atomic E-state index is 0.0985. The monoisotopic (exact) mass is 329 g/mol. The number of methoxy groups -OCH3 is 1. The topological polar surface area (TPSA) is 113 Å². The van der Waals surface area contributed by atoms with Crippen LogP contribution in [0.4, 0.5) is 11.4 Å². The van der Waals surface area contributed by atoms with E-state index in [0.717, 1.165) is 5.69 Å². The van der Waals surface area contributed by atoms with Crippen LogP contribution in [0.1, 0.15) is 12.8 Å². The number of hydrogen-bond donors (Lipinski definition) is 0. The van der Waals surface area contributed by atoms with E-state index >= 15 is 0 Å². The van der Waals surface area contributed by atoms with E-state index in [1.807, 2.05) is 4.90 Å². The normalized spacial score (nSPS) is 16.5. The van der Waals surface area contributed by atoms with Crippen molar-refractivity contribution in [1.82, 2.24) is 0 Å². The van der Waals surface area contributed by atoms with Crippen LogP contribution in [0.5, 0.6) is 5.75 Å². The summed E-state index contributed by atoms with van der Waals surface area (Å²) >= 11 is 0. The molecule has 2 rings (SSSR count). The molecule has 9 heteroatoms. The summed E-state index contributed by atoms with van der Waals surface area (Å²) in [6.45, 7) is 1.20. The van der Waals surface area contributed by atoms with Crippen LogP contribution in [0.2, 0.25) is 0 Å². The molecule has 8 nitrogen and oxygen atoms in total. The summed E-state index contributed by atoms with van der Waals surface area (Å²) in [6, 6.07) is 4.64. The lowest BCUT2D eigenvalue weighted by Crippen LogP contribution is -2.35. The van der Waals surface area contributed by atoms with E-state index in [9.17, 15) is 23.1 Å². The first-order chi connectivity index (χ1) is 10.3. The molecule has 122 valence electrons. The summed E-state index contributed by atoms with van der Waals surface area (Å²) in [4.78, 5) is 12.4. The second kappa shape index (κ2) is 6.49. The number of anilines is 1. The molecule has 0 N–H and O–H groups in total. The van der Waals surface area contributed by atoms with E-state index in [1.54, 1.807) is 12.1 Å². The fraction of sp³-hybridized carbons (Fsp3) is 0.538. The Labute approximate surface area is 128 Å². The van der Waals surface area contributed by atoms with Crippen molar-refractivity contribution in [2.45, 2.75) is 12.8 Å². The van der Waals surface area contributed by atoms with Crippen molar-refractivity contribution in [3.05, 3.63) is 28.3 Å². The summed E-state index contributed by atoms with van der Waals surface area (Å²) < 4.78 is 37.4. The number of nitrogens with zero attached hydrogens (tertiary/aromatic N) is 2. The van der Waals surface area contributed by atoms with E-state index in [2.05, 4.69) is 0 Å². The van der Waals surface area contributed by atoms with Gasteiger partial charge in [-0.3, -0.25) is 10.1 Å². The van der Waals surface area contributed by atoms with Crippen LogP contribution in [0.25, 0.3) is 0 Å². The number of nitro benzene ring substituents is 1. The third-order valence-electron chi connectivity index (χ3n) is 3.78. The van der Waals surface area contributed by atoms with E-state index in [0.29, 0.717) is 25.9 Å². The Morgan fingerprint density at radius 1 is 1.36 bits per heavy atom. The Morgan fingerprint density at radius 3 is 2.50 bits per heavy atom. The molecule has 0 radical (unpaired) electrons. The van der Waals surface area contributed by atoms with Gasteiger partial charge in [-0.2, -0.15) is 0 Å². The molecule has 0 aromatic heterocycles. The second-order valence-corrected chi connectivity index (χ2v) is 6.72. The van der Waals surface area contributed by atoms with Crippen LogP contribution in [0, 0.1) is 16.0 Å². The molecule has 1 aromatic carbocycles. The predicted molar refractivity (Wildman–Crippen MR) is 79.1 cm³/mol. The van der Waals surface area contributed by atoms with Gasteiger partial charge in [-0.25, -0.2) is 8.42 Å². The highest BCUT2D eigenvalue weighted by molar-refractivity contribution is 7.85. The van der Waals surface area contributed by atoms with E-state index in [1.165, 1.54) is 13.2 Å². The van der Waals surface area contributed by atoms with E-state index in [-0.39, 0.29) is 23.1 Å². The number of rotatable bonds is 5. The van der Waals surface area contributed by atoms with Crippen LogP contribution in [-0.4, -0.2) is 43.8 Å². The zero-order valence-electron chi connectivity index (χ0n) is 12.1. The van der Waals surface area contributed by atoms with Crippen molar-refractivity contribution in [3.8, 4) is 5.75 Å². The second-order valence-electron chi connectivity index (χ2n) is 5.27. The van der Waals surface area contributed by atoms with Crippen LogP contribution in [-0.2, 0) is 10.1 Å². The molecule has 1 aliphatic rings. The molecular formula is C13H17N2O6S-. The van der Waals surface area contributed by atoms with Gasteiger partial charge in [0.25, 0.3) is 0 Å². The van der Waals surface area contributed by atoms with Gasteiger partial charge in [0.1, 0.15) is 0 Å². The standard InChI is InChI=1S/C13H18N2O6S/c1-21-13-8-11(2-3-12(13)15(16)17)14-6-4-10(5-7-14)9-22(18,19)20/h2-3,8,10H,4-7,9H2,1H3,(H,18,19,20)/p-1. The number of piperidine rings is 1. The summed E-state index contributed by atoms with van der Waals surface area (Å²) in [5.74, 6) is -0.268. The zero-order valence-corrected chi connectivity index (χ0v) is 12.9. The quantitative estimate of drug-likeness (QED) is 0.455. The van der Waals surface area contributed by atoms with Crippen LogP contribution >= 0.6 is 0 Å². The fourth-order valence-electron chi connectivity index (χ4n) is 2.66. The van der Waals surface area contributed by atoms with E-state index < -0.39 is 15.0 Å². The van der Waals surface area contributed by atoms with Gasteiger partial charge in [-0.1, -0.05) is 0 Å². The average Bonchev–Trinajstić information content (AvgIpc) is 2.45. The Kier molecular flexibility index (Phi) is 4.87. The lowest BCUT2D eigenvalue weighted by molar-refractivity contribution is -0.385. The first-order valence-corrected chi connectivity index (χ1v) is 8.39. The van der Waals surface area contributed by atoms with Crippen molar-refractivity contribution in [2.24, 2.45) is 5.92 Å². The highest BCUT2D eigenvalue weighted by Gasteiger charge is 2.23. The molecule has 0 aliphatic carbocycles. The summed E-state index contributed by atoms with van der Waals surface area (Å²) in [7, 11) is -2.82. The van der Waals surface area contributed by atoms with Gasteiger partial charge in [0.2, 0.25) is 0 Å². The van der Waals surface area contributed by atoms with Crippen molar-refractivity contribution >= 4 is 21.5 Å². The minimum Gasteiger partial charge on any atom is -0.748 e. The lowest BCUT2D eigenvalue weighted by atomic mass is 9.98. The van der Waals surface area contributed by atoms with Crippen molar-refractivity contribution in [1.29, 1.82) is 0 Å². The first-order valence-electron chi connectivity index (χ1n) is 6.81. The Bertz CT molecular complexity index is 652. The molecule has 0 spiro atoms. The van der Waals surface area contributed by atoms with Crippen LogP contribution < -0.4 is 9.64 Å². The third-order valence-corrected chi connectivity index (χ3v) is 4.66. The van der Waals surface area contributed by atoms with Gasteiger partial charge < -0.3 is 14.2 Å². The van der Waals surface area contributed by atoms with Gasteiger partial charge in [0.15, 0.2) is 5.75 Å². The van der Waals surface area contributed by atoms with Gasteiger partial charge >= 0.3 is 5.69 Å². The number of ether oxygens (including phenoxy) is 1. The predicted octanol–water partition coefficient (Wildman–Crippen LogP) is 1.36. The molecule has 0 amide bonds. The Hall–Kier alpha value is -1.87. The number of hydrogen-bond acceptors (Lipinski definition) is 7. The van der Waals surface area contributed by atoms with Gasteiger partial charge in [-0.15, -0.1) is 0 Å². The fourth-order valence-corrected chi connectivity index (χ4v) is 3.57. The third kappa shape index (κ3) is 4.08. The van der Waals surface area contributed by atoms with Crippen LogP contribution in [0.15, 0.2) is 18.2 Å². The largest absolute Gasteiger partial charge is 0.748 e. The molecular weight excluding hydrogens is 312 g/mol. The van der Waals surface area contributed by atoms with Crippen molar-refractivity contribution < 1.29 is 22.6 Å². The molecule has 0 atom stereocenters. The highest BCUT2D eigenvalue weighted by Crippen LogP contribution is 2.33. The maximum atomic E-state index is 10.9. The van der Waals surface area contributed by atoms with E-state index in [4.69, 9.17) is 4.74 Å². The molecule has 1 aliphatic heterocycles. The summed E-state index contributed by atoms with van der Waals surface area (Å²) in [5.41, 5.74) is 0.685. The minimum atomic E-state index is -4.20. The van der Waals surface area contributed by atoms with Crippen molar-refractivity contribution in [2.75, 3.05) is 30.9 Å². The van der Waals surface area contributed by atoms with Gasteiger partial charge in [0.05, 0.1) is 22.2 Å². The van der Waals surface area contributed by atoms with Crippen LogP contribution in [0.3, 0.4) is 0 Å². The maximum absolute atomic E-state index is 10.9. The zero-order chi connectivity index (χ0) is 16.3. The average molecular weight is 329 g/mol. The number of benzene rings is 1. The molecule has 0 saturated carbocycles. The van der Waals surface area contributed by atoms with Gasteiger partial charge in [-0.05, 0) is 24.8 Å². The highest BCUT2D eigenvalue weighted by atomic mass is 32.2.